The first kappa shape index (κ1) is 21.3. The summed E-state index contributed by atoms with van der Waals surface area (Å²) in [6, 6.07) is 5.10. The van der Waals surface area contributed by atoms with Crippen LogP contribution < -0.4 is 0 Å². The van der Waals surface area contributed by atoms with Crippen molar-refractivity contribution >= 4 is 10.8 Å². The molecular weight excluding hydrogens is 397 g/mol. The predicted molar refractivity (Wildman–Crippen MR) is 118 cm³/mol. The first-order chi connectivity index (χ1) is 15.1. The summed E-state index contributed by atoms with van der Waals surface area (Å²) in [5.74, 6) is -0.00529. The lowest BCUT2D eigenvalue weighted by Gasteiger charge is -2.38. The molecule has 3 aliphatic rings. The van der Waals surface area contributed by atoms with E-state index in [1.54, 1.807) is 18.2 Å². The van der Waals surface area contributed by atoms with Crippen molar-refractivity contribution in [1.82, 2.24) is 0 Å². The maximum Gasteiger partial charge on any atom is 0.169 e. The highest BCUT2D eigenvalue weighted by Crippen LogP contribution is 2.46. The summed E-state index contributed by atoms with van der Waals surface area (Å²) in [4.78, 5) is 0. The first-order valence-electron chi connectivity index (χ1n) is 12.3. The number of hydrogen-bond acceptors (Lipinski definition) is 1. The fourth-order valence-electron chi connectivity index (χ4n) is 6.45. The van der Waals surface area contributed by atoms with Crippen LogP contribution in [0.5, 0.6) is 0 Å². The molecule has 3 fully saturated rings. The Kier molecular flexibility index (Phi) is 6.02. The molecule has 1 atom stereocenters. The second-order valence-corrected chi connectivity index (χ2v) is 10.2. The van der Waals surface area contributed by atoms with Gasteiger partial charge < -0.3 is 4.74 Å². The van der Waals surface area contributed by atoms with Gasteiger partial charge in [-0.15, -0.1) is 0 Å². The second kappa shape index (κ2) is 8.77. The van der Waals surface area contributed by atoms with E-state index in [1.807, 2.05) is 0 Å². The number of ether oxygens (including phenoxy) is 1. The summed E-state index contributed by atoms with van der Waals surface area (Å²) in [6.07, 6.45) is 11.8. The molecular formula is C27H33F3O. The largest absolute Gasteiger partial charge is 0.368 e. The fraction of sp³-hybridized carbons (Fsp3) is 0.630. The molecule has 2 aromatic rings. The maximum atomic E-state index is 15.4. The Morgan fingerprint density at radius 1 is 0.806 bits per heavy atom. The third-order valence-electron chi connectivity index (χ3n) is 8.33. The van der Waals surface area contributed by atoms with Gasteiger partial charge in [-0.25, -0.2) is 13.2 Å². The van der Waals surface area contributed by atoms with Gasteiger partial charge in [-0.2, -0.15) is 0 Å². The Balaban J connectivity index is 1.29. The SMILES string of the molecule is CCCC1CCC(C2CCC(c3ccc4cc(C5CO5)c(F)c(F)c4c3F)CC2)CC1. The fourth-order valence-corrected chi connectivity index (χ4v) is 6.45. The van der Waals surface area contributed by atoms with Crippen LogP contribution in [0.3, 0.4) is 0 Å². The van der Waals surface area contributed by atoms with Crippen LogP contribution in [-0.4, -0.2) is 6.61 Å². The van der Waals surface area contributed by atoms with Crippen LogP contribution in [0, 0.1) is 35.2 Å². The molecule has 2 aliphatic carbocycles. The van der Waals surface area contributed by atoms with E-state index < -0.39 is 23.6 Å². The van der Waals surface area contributed by atoms with Gasteiger partial charge in [0.25, 0.3) is 0 Å². The summed E-state index contributed by atoms with van der Waals surface area (Å²) in [6.45, 7) is 2.67. The molecule has 31 heavy (non-hydrogen) atoms. The third-order valence-corrected chi connectivity index (χ3v) is 8.33. The molecule has 1 aliphatic heterocycles. The Hall–Kier alpha value is -1.55. The quantitative estimate of drug-likeness (QED) is 0.435. The van der Waals surface area contributed by atoms with Gasteiger partial charge in [0.05, 0.1) is 12.0 Å². The van der Waals surface area contributed by atoms with Crippen LogP contribution in [0.4, 0.5) is 13.2 Å². The number of halogens is 3. The average molecular weight is 431 g/mol. The van der Waals surface area contributed by atoms with Crippen LogP contribution in [0.2, 0.25) is 0 Å². The molecule has 1 unspecified atom stereocenters. The van der Waals surface area contributed by atoms with Gasteiger partial charge in [-0.05, 0) is 79.2 Å². The molecule has 1 heterocycles. The lowest BCUT2D eigenvalue weighted by atomic mass is 9.68. The number of epoxide rings is 1. The van der Waals surface area contributed by atoms with Crippen molar-refractivity contribution in [3.63, 3.8) is 0 Å². The Morgan fingerprint density at radius 2 is 1.45 bits per heavy atom. The average Bonchev–Trinajstić information content (AvgIpc) is 3.63. The van der Waals surface area contributed by atoms with E-state index in [0.29, 0.717) is 17.6 Å². The zero-order chi connectivity index (χ0) is 21.5. The van der Waals surface area contributed by atoms with Gasteiger partial charge >= 0.3 is 0 Å². The highest BCUT2D eigenvalue weighted by molar-refractivity contribution is 5.85. The number of hydrogen-bond donors (Lipinski definition) is 0. The van der Waals surface area contributed by atoms with E-state index in [0.717, 1.165) is 43.4 Å². The minimum atomic E-state index is -1.07. The van der Waals surface area contributed by atoms with E-state index in [2.05, 4.69) is 6.92 Å². The van der Waals surface area contributed by atoms with Crippen molar-refractivity contribution < 1.29 is 17.9 Å². The van der Waals surface area contributed by atoms with Crippen molar-refractivity contribution in [1.29, 1.82) is 0 Å². The molecule has 168 valence electrons. The highest BCUT2D eigenvalue weighted by Gasteiger charge is 2.34. The Bertz CT molecular complexity index is 935. The first-order valence-corrected chi connectivity index (χ1v) is 12.3. The molecule has 0 spiro atoms. The molecule has 0 aromatic heterocycles. The monoisotopic (exact) mass is 430 g/mol. The van der Waals surface area contributed by atoms with E-state index in [4.69, 9.17) is 4.74 Å². The van der Waals surface area contributed by atoms with Crippen LogP contribution >= 0.6 is 0 Å². The number of rotatable bonds is 5. The summed E-state index contributed by atoms with van der Waals surface area (Å²) in [5.41, 5.74) is 0.762. The van der Waals surface area contributed by atoms with Gasteiger partial charge in [0.1, 0.15) is 11.9 Å². The molecule has 0 amide bonds. The number of fused-ring (bicyclic) bond motifs is 1. The van der Waals surface area contributed by atoms with Crippen molar-refractivity contribution in [2.75, 3.05) is 6.61 Å². The minimum Gasteiger partial charge on any atom is -0.368 e. The predicted octanol–water partition coefficient (Wildman–Crippen LogP) is 8.21. The molecule has 4 heteroatoms. The maximum absolute atomic E-state index is 15.4. The third kappa shape index (κ3) is 4.13. The second-order valence-electron chi connectivity index (χ2n) is 10.2. The van der Waals surface area contributed by atoms with Gasteiger partial charge in [-0.3, -0.25) is 0 Å². The highest BCUT2D eigenvalue weighted by atomic mass is 19.2. The zero-order valence-electron chi connectivity index (χ0n) is 18.4. The summed E-state index contributed by atoms with van der Waals surface area (Å²) < 4.78 is 49.7. The zero-order valence-corrected chi connectivity index (χ0v) is 18.4. The summed E-state index contributed by atoms with van der Waals surface area (Å²) in [7, 11) is 0. The number of benzene rings is 2. The summed E-state index contributed by atoms with van der Waals surface area (Å²) >= 11 is 0. The van der Waals surface area contributed by atoms with Crippen LogP contribution in [0.1, 0.15) is 94.3 Å². The van der Waals surface area contributed by atoms with Gasteiger partial charge in [0, 0.05) is 5.56 Å². The normalized spacial score (nSPS) is 31.2. The van der Waals surface area contributed by atoms with Crippen LogP contribution in [0.15, 0.2) is 18.2 Å². The molecule has 2 aromatic carbocycles. The molecule has 2 saturated carbocycles. The van der Waals surface area contributed by atoms with Gasteiger partial charge in [0.15, 0.2) is 11.6 Å². The lowest BCUT2D eigenvalue weighted by molar-refractivity contribution is 0.156. The van der Waals surface area contributed by atoms with Crippen molar-refractivity contribution in [2.45, 2.75) is 83.2 Å². The van der Waals surface area contributed by atoms with Crippen LogP contribution in [0.25, 0.3) is 10.8 Å². The topological polar surface area (TPSA) is 12.5 Å². The molecule has 5 rings (SSSR count). The Morgan fingerprint density at radius 3 is 2.06 bits per heavy atom. The molecule has 1 saturated heterocycles. The summed E-state index contributed by atoms with van der Waals surface area (Å²) in [5, 5.41) is 0.221. The smallest absolute Gasteiger partial charge is 0.169 e. The Labute approximate surface area is 183 Å². The van der Waals surface area contributed by atoms with Crippen molar-refractivity contribution in [3.8, 4) is 0 Å². The molecule has 0 bridgehead atoms. The van der Waals surface area contributed by atoms with Crippen molar-refractivity contribution in [3.05, 3.63) is 46.8 Å². The van der Waals surface area contributed by atoms with Crippen molar-refractivity contribution in [2.24, 2.45) is 17.8 Å². The molecule has 1 nitrogen and oxygen atoms in total. The van der Waals surface area contributed by atoms with E-state index in [1.165, 1.54) is 38.5 Å². The van der Waals surface area contributed by atoms with E-state index in [-0.39, 0.29) is 16.9 Å². The van der Waals surface area contributed by atoms with Gasteiger partial charge in [-0.1, -0.05) is 44.7 Å². The van der Waals surface area contributed by atoms with E-state index >= 15 is 4.39 Å². The lowest BCUT2D eigenvalue weighted by Crippen LogP contribution is -2.25. The van der Waals surface area contributed by atoms with E-state index in [9.17, 15) is 8.78 Å². The molecule has 0 N–H and O–H groups in total. The minimum absolute atomic E-state index is 0.103. The molecule has 0 radical (unpaired) electrons. The van der Waals surface area contributed by atoms with Crippen LogP contribution in [-0.2, 0) is 4.74 Å². The van der Waals surface area contributed by atoms with Gasteiger partial charge in [0.2, 0.25) is 0 Å². The standard InChI is InChI=1S/C27H33F3O/c1-2-3-16-4-6-17(7-5-16)18-8-10-19(11-9-18)21-13-12-20-14-22(23-15-31-23)26(29)27(30)24(20)25(21)28/h12-14,16-19,23H,2-11,15H2,1H3.